The molecule has 0 radical (unpaired) electrons. The number of aromatic nitrogens is 2. The van der Waals surface area contributed by atoms with Gasteiger partial charge in [0, 0.05) is 36.2 Å². The van der Waals surface area contributed by atoms with E-state index in [9.17, 15) is 0 Å². The molecule has 0 aliphatic carbocycles. The van der Waals surface area contributed by atoms with Gasteiger partial charge in [-0.2, -0.15) is 5.10 Å². The fourth-order valence-electron chi connectivity index (χ4n) is 2.63. The molecule has 94 valence electrons. The van der Waals surface area contributed by atoms with Crippen LogP contribution in [0.4, 0.5) is 0 Å². The highest BCUT2D eigenvalue weighted by Crippen LogP contribution is 2.33. The third kappa shape index (κ3) is 2.10. The SMILES string of the molecule is Cn1cc(CC2(c3cccc(Br)c3)CNC2)cn1. The van der Waals surface area contributed by atoms with Crippen molar-refractivity contribution in [1.82, 2.24) is 15.1 Å². The first-order chi connectivity index (χ1) is 8.68. The first-order valence-corrected chi connectivity index (χ1v) is 6.92. The van der Waals surface area contributed by atoms with Gasteiger partial charge in [-0.05, 0) is 29.7 Å². The number of halogens is 1. The summed E-state index contributed by atoms with van der Waals surface area (Å²) in [5.74, 6) is 0. The monoisotopic (exact) mass is 305 g/mol. The van der Waals surface area contributed by atoms with Crippen molar-refractivity contribution in [2.75, 3.05) is 13.1 Å². The average Bonchev–Trinajstić information content (AvgIpc) is 2.69. The predicted octanol–water partition coefficient (Wildman–Crippen LogP) is 2.27. The van der Waals surface area contributed by atoms with Crippen LogP contribution < -0.4 is 5.32 Å². The molecule has 0 spiro atoms. The lowest BCUT2D eigenvalue weighted by molar-refractivity contribution is 0.274. The van der Waals surface area contributed by atoms with Crippen LogP contribution in [0.3, 0.4) is 0 Å². The second-order valence-electron chi connectivity index (χ2n) is 5.09. The molecule has 1 saturated heterocycles. The molecule has 2 aromatic rings. The van der Waals surface area contributed by atoms with Crippen molar-refractivity contribution >= 4 is 15.9 Å². The van der Waals surface area contributed by atoms with E-state index in [1.165, 1.54) is 11.1 Å². The molecule has 0 saturated carbocycles. The zero-order chi connectivity index (χ0) is 12.6. The number of hydrogen-bond donors (Lipinski definition) is 1. The maximum Gasteiger partial charge on any atom is 0.0521 e. The minimum atomic E-state index is 0.229. The molecule has 18 heavy (non-hydrogen) atoms. The van der Waals surface area contributed by atoms with Gasteiger partial charge in [-0.1, -0.05) is 28.1 Å². The van der Waals surface area contributed by atoms with E-state index in [1.807, 2.05) is 17.9 Å². The summed E-state index contributed by atoms with van der Waals surface area (Å²) >= 11 is 3.56. The van der Waals surface area contributed by atoms with Gasteiger partial charge in [0.25, 0.3) is 0 Å². The number of nitrogens with one attached hydrogen (secondary N) is 1. The lowest BCUT2D eigenvalue weighted by atomic mass is 9.71. The molecule has 1 aliphatic heterocycles. The van der Waals surface area contributed by atoms with Crippen LogP contribution in [0.25, 0.3) is 0 Å². The molecule has 0 bridgehead atoms. The van der Waals surface area contributed by atoms with Crippen molar-refractivity contribution in [3.05, 3.63) is 52.3 Å². The highest BCUT2D eigenvalue weighted by Gasteiger charge is 2.38. The molecule has 0 atom stereocenters. The van der Waals surface area contributed by atoms with E-state index < -0.39 is 0 Å². The summed E-state index contributed by atoms with van der Waals surface area (Å²) in [4.78, 5) is 0. The van der Waals surface area contributed by atoms with E-state index in [4.69, 9.17) is 0 Å². The van der Waals surface area contributed by atoms with Gasteiger partial charge in [-0.3, -0.25) is 4.68 Å². The minimum Gasteiger partial charge on any atom is -0.315 e. The van der Waals surface area contributed by atoms with Crippen molar-refractivity contribution in [1.29, 1.82) is 0 Å². The van der Waals surface area contributed by atoms with E-state index in [0.29, 0.717) is 0 Å². The molecule has 0 unspecified atom stereocenters. The van der Waals surface area contributed by atoms with Crippen molar-refractivity contribution in [2.24, 2.45) is 7.05 Å². The van der Waals surface area contributed by atoms with Gasteiger partial charge in [-0.15, -0.1) is 0 Å². The molecular weight excluding hydrogens is 290 g/mol. The Hall–Kier alpha value is -1.13. The van der Waals surface area contributed by atoms with E-state index in [-0.39, 0.29) is 5.41 Å². The Bertz CT molecular complexity index is 558. The Kier molecular flexibility index (Phi) is 2.99. The van der Waals surface area contributed by atoms with E-state index in [1.54, 1.807) is 0 Å². The highest BCUT2D eigenvalue weighted by molar-refractivity contribution is 9.10. The van der Waals surface area contributed by atoms with Crippen molar-refractivity contribution in [3.8, 4) is 0 Å². The molecule has 1 aromatic carbocycles. The lowest BCUT2D eigenvalue weighted by Gasteiger charge is -2.43. The Balaban J connectivity index is 1.90. The van der Waals surface area contributed by atoms with Crippen LogP contribution in [-0.4, -0.2) is 22.9 Å². The second-order valence-corrected chi connectivity index (χ2v) is 6.01. The Morgan fingerprint density at radius 2 is 2.28 bits per heavy atom. The number of rotatable bonds is 3. The molecule has 3 nitrogen and oxygen atoms in total. The topological polar surface area (TPSA) is 29.9 Å². The molecular formula is C14H16BrN3. The normalized spacial score (nSPS) is 17.4. The van der Waals surface area contributed by atoms with Crippen LogP contribution >= 0.6 is 15.9 Å². The molecule has 4 heteroatoms. The van der Waals surface area contributed by atoms with Crippen LogP contribution in [0.1, 0.15) is 11.1 Å². The fourth-order valence-corrected chi connectivity index (χ4v) is 3.03. The van der Waals surface area contributed by atoms with Gasteiger partial charge < -0.3 is 5.32 Å². The summed E-state index contributed by atoms with van der Waals surface area (Å²) in [6.45, 7) is 2.08. The van der Waals surface area contributed by atoms with Gasteiger partial charge in [0.15, 0.2) is 0 Å². The summed E-state index contributed by atoms with van der Waals surface area (Å²) in [6, 6.07) is 8.65. The number of nitrogens with zero attached hydrogens (tertiary/aromatic N) is 2. The summed E-state index contributed by atoms with van der Waals surface area (Å²) in [7, 11) is 1.97. The third-order valence-electron chi connectivity index (χ3n) is 3.66. The van der Waals surface area contributed by atoms with Crippen LogP contribution in [0, 0.1) is 0 Å². The fraction of sp³-hybridized carbons (Fsp3) is 0.357. The summed E-state index contributed by atoms with van der Waals surface area (Å²) < 4.78 is 3.02. The maximum absolute atomic E-state index is 4.26. The zero-order valence-corrected chi connectivity index (χ0v) is 11.9. The van der Waals surface area contributed by atoms with Crippen LogP contribution in [0.5, 0.6) is 0 Å². The first-order valence-electron chi connectivity index (χ1n) is 6.12. The predicted molar refractivity (Wildman–Crippen MR) is 75.6 cm³/mol. The number of hydrogen-bond acceptors (Lipinski definition) is 2. The highest BCUT2D eigenvalue weighted by atomic mass is 79.9. The molecule has 1 fully saturated rings. The van der Waals surface area contributed by atoms with E-state index in [0.717, 1.165) is 24.0 Å². The summed E-state index contributed by atoms with van der Waals surface area (Å²) in [5.41, 5.74) is 2.94. The molecule has 1 N–H and O–H groups in total. The van der Waals surface area contributed by atoms with Gasteiger partial charge in [-0.25, -0.2) is 0 Å². The lowest BCUT2D eigenvalue weighted by Crippen LogP contribution is -2.58. The quantitative estimate of drug-likeness (QED) is 0.943. The van der Waals surface area contributed by atoms with Crippen LogP contribution in [0.15, 0.2) is 41.1 Å². The summed E-state index contributed by atoms with van der Waals surface area (Å²) in [5, 5.41) is 7.66. The largest absolute Gasteiger partial charge is 0.315 e. The van der Waals surface area contributed by atoms with E-state index >= 15 is 0 Å². The Labute approximate surface area is 115 Å². The number of benzene rings is 1. The second kappa shape index (κ2) is 4.52. The van der Waals surface area contributed by atoms with Gasteiger partial charge >= 0.3 is 0 Å². The minimum absolute atomic E-state index is 0.229. The molecule has 0 amide bonds. The van der Waals surface area contributed by atoms with Crippen LogP contribution in [-0.2, 0) is 18.9 Å². The van der Waals surface area contributed by atoms with Gasteiger partial charge in [0.05, 0.1) is 6.20 Å². The maximum atomic E-state index is 4.26. The van der Waals surface area contributed by atoms with Crippen LogP contribution in [0.2, 0.25) is 0 Å². The van der Waals surface area contributed by atoms with Gasteiger partial charge in [0.1, 0.15) is 0 Å². The van der Waals surface area contributed by atoms with Gasteiger partial charge in [0.2, 0.25) is 0 Å². The van der Waals surface area contributed by atoms with Crippen molar-refractivity contribution in [2.45, 2.75) is 11.8 Å². The first kappa shape index (κ1) is 11.9. The molecule has 1 aromatic heterocycles. The Morgan fingerprint density at radius 3 is 2.83 bits per heavy atom. The molecule has 2 heterocycles. The Morgan fingerprint density at radius 1 is 1.44 bits per heavy atom. The van der Waals surface area contributed by atoms with Crippen molar-refractivity contribution < 1.29 is 0 Å². The summed E-state index contributed by atoms with van der Waals surface area (Å²) in [6.07, 6.45) is 5.13. The molecule has 1 aliphatic rings. The standard InChI is InChI=1S/C14H16BrN3/c1-18-8-11(7-17-18)6-14(9-16-10-14)12-3-2-4-13(15)5-12/h2-5,7-8,16H,6,9-10H2,1H3. The third-order valence-corrected chi connectivity index (χ3v) is 4.16. The number of aryl methyl sites for hydroxylation is 1. The van der Waals surface area contributed by atoms with E-state index in [2.05, 4.69) is 56.8 Å². The smallest absolute Gasteiger partial charge is 0.0521 e. The zero-order valence-electron chi connectivity index (χ0n) is 10.4. The average molecular weight is 306 g/mol. The molecule has 3 rings (SSSR count). The van der Waals surface area contributed by atoms with Crippen molar-refractivity contribution in [3.63, 3.8) is 0 Å².